The Morgan fingerprint density at radius 3 is 2.50 bits per heavy atom. The fourth-order valence-corrected chi connectivity index (χ4v) is 2.93. The third kappa shape index (κ3) is 2.36. The Labute approximate surface area is 111 Å². The molecule has 0 radical (unpaired) electrons. The highest BCUT2D eigenvalue weighted by Crippen LogP contribution is 2.44. The van der Waals surface area contributed by atoms with E-state index < -0.39 is 5.97 Å². The van der Waals surface area contributed by atoms with Gasteiger partial charge in [0.05, 0.1) is 0 Å². The van der Waals surface area contributed by atoms with Crippen LogP contribution in [-0.2, 0) is 4.79 Å². The summed E-state index contributed by atoms with van der Waals surface area (Å²) in [6.07, 6.45) is 6.26. The molecule has 0 saturated heterocycles. The van der Waals surface area contributed by atoms with Gasteiger partial charge in [0, 0.05) is 10.3 Å². The first-order chi connectivity index (χ1) is 8.57. The number of benzene rings is 1. The van der Waals surface area contributed by atoms with E-state index in [0.29, 0.717) is 12.0 Å². The molecule has 0 bridgehead atoms. The SMILES string of the molecule is CSC1(C)CC(C(=O)O)=CC=C1c1ccccc1. The van der Waals surface area contributed by atoms with Gasteiger partial charge in [0.1, 0.15) is 0 Å². The standard InChI is InChI=1S/C15H16O2S/c1-15(18-2)10-12(14(16)17)8-9-13(15)11-6-4-3-5-7-11/h3-9H,10H2,1-2H3,(H,16,17). The molecule has 1 N–H and O–H groups in total. The lowest BCUT2D eigenvalue weighted by Crippen LogP contribution is -2.27. The van der Waals surface area contributed by atoms with Gasteiger partial charge in [-0.2, -0.15) is 11.8 Å². The van der Waals surface area contributed by atoms with Crippen LogP contribution in [0, 0.1) is 0 Å². The molecular formula is C15H16O2S. The largest absolute Gasteiger partial charge is 0.478 e. The Morgan fingerprint density at radius 2 is 1.94 bits per heavy atom. The second kappa shape index (κ2) is 5.02. The summed E-state index contributed by atoms with van der Waals surface area (Å²) in [5, 5.41) is 9.12. The van der Waals surface area contributed by atoms with Crippen LogP contribution in [0.3, 0.4) is 0 Å². The average molecular weight is 260 g/mol. The molecule has 18 heavy (non-hydrogen) atoms. The van der Waals surface area contributed by atoms with E-state index >= 15 is 0 Å². The first-order valence-electron chi connectivity index (χ1n) is 5.82. The van der Waals surface area contributed by atoms with Crippen LogP contribution in [0.4, 0.5) is 0 Å². The van der Waals surface area contributed by atoms with E-state index in [0.717, 1.165) is 5.56 Å². The van der Waals surface area contributed by atoms with Crippen molar-refractivity contribution in [1.82, 2.24) is 0 Å². The minimum Gasteiger partial charge on any atom is -0.478 e. The van der Waals surface area contributed by atoms with E-state index in [1.165, 1.54) is 5.57 Å². The number of thioether (sulfide) groups is 1. The van der Waals surface area contributed by atoms with Crippen LogP contribution in [0.5, 0.6) is 0 Å². The van der Waals surface area contributed by atoms with Gasteiger partial charge in [-0.05, 0) is 30.7 Å². The quantitative estimate of drug-likeness (QED) is 0.902. The second-order valence-corrected chi connectivity index (χ2v) is 5.86. The number of hydrogen-bond donors (Lipinski definition) is 1. The van der Waals surface area contributed by atoms with E-state index in [1.54, 1.807) is 17.8 Å². The first-order valence-corrected chi connectivity index (χ1v) is 7.04. The second-order valence-electron chi connectivity index (χ2n) is 4.56. The summed E-state index contributed by atoms with van der Waals surface area (Å²) in [5.74, 6) is -0.821. The minimum atomic E-state index is -0.821. The Balaban J connectivity index is 2.47. The number of carboxylic acid groups (broad SMARTS) is 1. The third-order valence-electron chi connectivity index (χ3n) is 3.36. The molecule has 1 aromatic carbocycles. The van der Waals surface area contributed by atoms with Crippen molar-refractivity contribution in [1.29, 1.82) is 0 Å². The molecule has 1 atom stereocenters. The summed E-state index contributed by atoms with van der Waals surface area (Å²) in [6, 6.07) is 10.1. The van der Waals surface area contributed by atoms with Crippen molar-refractivity contribution >= 4 is 23.3 Å². The lowest BCUT2D eigenvalue weighted by Gasteiger charge is -2.33. The van der Waals surface area contributed by atoms with Crippen molar-refractivity contribution in [2.24, 2.45) is 0 Å². The van der Waals surface area contributed by atoms with Gasteiger partial charge in [0.2, 0.25) is 0 Å². The van der Waals surface area contributed by atoms with E-state index in [2.05, 4.69) is 19.1 Å². The molecule has 0 spiro atoms. The van der Waals surface area contributed by atoms with E-state index in [1.807, 2.05) is 30.5 Å². The van der Waals surface area contributed by atoms with Crippen LogP contribution < -0.4 is 0 Å². The molecule has 0 aromatic heterocycles. The van der Waals surface area contributed by atoms with Crippen LogP contribution in [0.15, 0.2) is 48.1 Å². The number of carboxylic acids is 1. The van der Waals surface area contributed by atoms with E-state index in [-0.39, 0.29) is 4.75 Å². The van der Waals surface area contributed by atoms with Gasteiger partial charge < -0.3 is 5.11 Å². The lowest BCUT2D eigenvalue weighted by atomic mass is 9.83. The first kappa shape index (κ1) is 13.0. The summed E-state index contributed by atoms with van der Waals surface area (Å²) >= 11 is 1.70. The maximum atomic E-state index is 11.1. The molecule has 3 heteroatoms. The molecule has 94 valence electrons. The highest BCUT2D eigenvalue weighted by Gasteiger charge is 2.33. The molecule has 1 aliphatic rings. The van der Waals surface area contributed by atoms with Gasteiger partial charge in [-0.25, -0.2) is 4.79 Å². The third-order valence-corrected chi connectivity index (χ3v) is 4.62. The molecule has 2 nitrogen and oxygen atoms in total. The molecule has 0 saturated carbocycles. The summed E-state index contributed by atoms with van der Waals surface area (Å²) in [4.78, 5) is 11.1. The van der Waals surface area contributed by atoms with E-state index in [9.17, 15) is 4.79 Å². The molecule has 0 fully saturated rings. The average Bonchev–Trinajstić information content (AvgIpc) is 2.39. The van der Waals surface area contributed by atoms with Crippen LogP contribution in [0.1, 0.15) is 18.9 Å². The lowest BCUT2D eigenvalue weighted by molar-refractivity contribution is -0.132. The molecule has 1 unspecified atom stereocenters. The van der Waals surface area contributed by atoms with E-state index in [4.69, 9.17) is 5.11 Å². The van der Waals surface area contributed by atoms with Crippen molar-refractivity contribution < 1.29 is 9.90 Å². The van der Waals surface area contributed by atoms with Crippen molar-refractivity contribution in [3.8, 4) is 0 Å². The number of hydrogen-bond acceptors (Lipinski definition) is 2. The van der Waals surface area contributed by atoms with Gasteiger partial charge in [0.15, 0.2) is 0 Å². The van der Waals surface area contributed by atoms with Crippen LogP contribution >= 0.6 is 11.8 Å². The summed E-state index contributed by atoms with van der Waals surface area (Å²) in [6.45, 7) is 2.10. The number of rotatable bonds is 3. The predicted octanol–water partition coefficient (Wildman–Crippen LogP) is 3.61. The molecule has 0 amide bonds. The summed E-state index contributed by atoms with van der Waals surface area (Å²) in [5.41, 5.74) is 2.84. The molecule has 1 aromatic rings. The molecule has 0 aliphatic heterocycles. The number of allylic oxidation sites excluding steroid dienone is 2. The smallest absolute Gasteiger partial charge is 0.331 e. The van der Waals surface area contributed by atoms with Crippen molar-refractivity contribution in [2.75, 3.05) is 6.26 Å². The zero-order chi connectivity index (χ0) is 13.2. The van der Waals surface area contributed by atoms with Crippen molar-refractivity contribution in [2.45, 2.75) is 18.1 Å². The zero-order valence-corrected chi connectivity index (χ0v) is 11.3. The maximum absolute atomic E-state index is 11.1. The Kier molecular flexibility index (Phi) is 3.62. The molecule has 1 aliphatic carbocycles. The van der Waals surface area contributed by atoms with Crippen LogP contribution in [0.25, 0.3) is 5.57 Å². The minimum absolute atomic E-state index is 0.177. The van der Waals surface area contributed by atoms with Crippen LogP contribution in [0.2, 0.25) is 0 Å². The molecule has 0 heterocycles. The zero-order valence-electron chi connectivity index (χ0n) is 10.5. The van der Waals surface area contributed by atoms with Gasteiger partial charge in [-0.3, -0.25) is 0 Å². The Hall–Kier alpha value is -1.48. The topological polar surface area (TPSA) is 37.3 Å². The van der Waals surface area contributed by atoms with Gasteiger partial charge >= 0.3 is 5.97 Å². The fourth-order valence-electron chi connectivity index (χ4n) is 2.23. The van der Waals surface area contributed by atoms with Crippen LogP contribution in [-0.4, -0.2) is 22.1 Å². The fraction of sp³-hybridized carbons (Fsp3) is 0.267. The maximum Gasteiger partial charge on any atom is 0.331 e. The van der Waals surface area contributed by atoms with Crippen molar-refractivity contribution in [3.05, 3.63) is 53.6 Å². The predicted molar refractivity (Wildman–Crippen MR) is 76.7 cm³/mol. The highest BCUT2D eigenvalue weighted by molar-refractivity contribution is 8.00. The number of aliphatic carboxylic acids is 1. The van der Waals surface area contributed by atoms with Gasteiger partial charge in [-0.15, -0.1) is 0 Å². The monoisotopic (exact) mass is 260 g/mol. The Morgan fingerprint density at radius 1 is 1.28 bits per heavy atom. The van der Waals surface area contributed by atoms with Crippen molar-refractivity contribution in [3.63, 3.8) is 0 Å². The normalized spacial score (nSPS) is 23.2. The Bertz CT molecular complexity index is 517. The summed E-state index contributed by atoms with van der Waals surface area (Å²) in [7, 11) is 0. The molecule has 2 rings (SSSR count). The van der Waals surface area contributed by atoms with Gasteiger partial charge in [0.25, 0.3) is 0 Å². The van der Waals surface area contributed by atoms with Gasteiger partial charge in [-0.1, -0.05) is 42.5 Å². The molecular weight excluding hydrogens is 244 g/mol. The summed E-state index contributed by atoms with van der Waals surface area (Å²) < 4.78 is -0.177. The number of carbonyl (C=O) groups is 1. The highest BCUT2D eigenvalue weighted by atomic mass is 32.2.